The van der Waals surface area contributed by atoms with Gasteiger partial charge < -0.3 is 9.32 Å². The van der Waals surface area contributed by atoms with Crippen LogP contribution < -0.4 is 4.90 Å². The fourth-order valence-corrected chi connectivity index (χ4v) is 9.13. The van der Waals surface area contributed by atoms with E-state index >= 15 is 0 Å². The van der Waals surface area contributed by atoms with E-state index in [0.717, 1.165) is 47.6 Å². The third-order valence-corrected chi connectivity index (χ3v) is 11.2. The van der Waals surface area contributed by atoms with Crippen molar-refractivity contribution in [2.24, 2.45) is 0 Å². The van der Waals surface area contributed by atoms with Crippen LogP contribution in [-0.4, -0.2) is 0 Å². The molecular formula is C48H37NO. The van der Waals surface area contributed by atoms with Gasteiger partial charge in [0, 0.05) is 22.0 Å². The van der Waals surface area contributed by atoms with E-state index in [1.165, 1.54) is 55.9 Å². The molecule has 0 aliphatic heterocycles. The Kier molecular flexibility index (Phi) is 6.77. The van der Waals surface area contributed by atoms with Crippen LogP contribution in [0.3, 0.4) is 0 Å². The van der Waals surface area contributed by atoms with Gasteiger partial charge in [0.2, 0.25) is 0 Å². The molecule has 0 bridgehead atoms. The number of furan rings is 1. The Bertz CT molecular complexity index is 2470. The Hall–Kier alpha value is -5.86. The molecule has 0 radical (unpaired) electrons. The van der Waals surface area contributed by atoms with E-state index < -0.39 is 5.41 Å². The van der Waals surface area contributed by atoms with E-state index in [0.29, 0.717) is 0 Å². The maximum atomic E-state index is 7.16. The molecule has 0 amide bonds. The van der Waals surface area contributed by atoms with Crippen LogP contribution in [0, 0.1) is 0 Å². The van der Waals surface area contributed by atoms with Crippen molar-refractivity contribution in [3.8, 4) is 11.1 Å². The first-order chi connectivity index (χ1) is 24.8. The molecule has 0 fully saturated rings. The van der Waals surface area contributed by atoms with E-state index in [9.17, 15) is 0 Å². The lowest BCUT2D eigenvalue weighted by atomic mass is 9.66. The molecule has 0 saturated carbocycles. The minimum Gasteiger partial charge on any atom is -0.456 e. The molecule has 0 spiro atoms. The summed E-state index contributed by atoms with van der Waals surface area (Å²) in [4.78, 5) is 2.69. The fraction of sp³-hybridized carbons (Fsp3) is 0.125. The monoisotopic (exact) mass is 643 g/mol. The number of fused-ring (bicyclic) bond motifs is 7. The van der Waals surface area contributed by atoms with Gasteiger partial charge in [-0.1, -0.05) is 146 Å². The Morgan fingerprint density at radius 2 is 1.36 bits per heavy atom. The second-order valence-electron chi connectivity index (χ2n) is 13.8. The smallest absolute Gasteiger partial charge is 0.142 e. The van der Waals surface area contributed by atoms with Gasteiger partial charge in [-0.15, -0.1) is 0 Å². The number of benzene rings is 6. The highest BCUT2D eigenvalue weighted by Crippen LogP contribution is 2.60. The Balaban J connectivity index is 1.40. The highest BCUT2D eigenvalue weighted by molar-refractivity contribution is 6.09. The summed E-state index contributed by atoms with van der Waals surface area (Å²) in [5.41, 5.74) is 14.0. The van der Waals surface area contributed by atoms with Gasteiger partial charge >= 0.3 is 0 Å². The highest BCUT2D eigenvalue weighted by atomic mass is 16.3. The standard InChI is InChI=1S/C48H37NO/c1-2-7-22-35(21-6-1)49(43-29-16-18-33-17-8-9-23-36(33)43)44-32-31-40-39-26-12-15-30-45(39)50-47(40)46(44)48(34-19-4-3-5-20-34)41-27-13-10-24-37(41)38-25-11-14-28-42(38)48/h1,3-6,8-21,23-28,30-32,43H,2,7,22,29H2. The minimum absolute atomic E-state index is 0.120. The molecule has 1 atom stereocenters. The zero-order chi connectivity index (χ0) is 33.1. The van der Waals surface area contributed by atoms with Gasteiger partial charge in [0.15, 0.2) is 0 Å². The SMILES string of the molecule is C1=CCCCC(N(c2ccc3c(oc4ccccc43)c2C2(c3ccccc3)c3ccccc3-c3ccccc32)C2CC=Cc3ccccc32)=C1. The van der Waals surface area contributed by atoms with Crippen molar-refractivity contribution >= 4 is 33.7 Å². The van der Waals surface area contributed by atoms with Gasteiger partial charge in [0.25, 0.3) is 0 Å². The van der Waals surface area contributed by atoms with Gasteiger partial charge in [-0.05, 0) is 88.9 Å². The van der Waals surface area contributed by atoms with Gasteiger partial charge in [-0.25, -0.2) is 0 Å². The van der Waals surface area contributed by atoms with Crippen LogP contribution in [0.4, 0.5) is 5.69 Å². The van der Waals surface area contributed by atoms with Crippen molar-refractivity contribution in [1.82, 2.24) is 0 Å². The van der Waals surface area contributed by atoms with Crippen LogP contribution in [0.25, 0.3) is 39.1 Å². The van der Waals surface area contributed by atoms with Crippen molar-refractivity contribution in [3.05, 3.63) is 203 Å². The second kappa shape index (κ2) is 11.6. The van der Waals surface area contributed by atoms with E-state index in [-0.39, 0.29) is 6.04 Å². The number of rotatable bonds is 5. The molecule has 0 N–H and O–H groups in total. The summed E-state index contributed by atoms with van der Waals surface area (Å²) in [7, 11) is 0. The number of nitrogens with zero attached hydrogens (tertiary/aromatic N) is 1. The third kappa shape index (κ3) is 4.21. The minimum atomic E-state index is -0.638. The lowest BCUT2D eigenvalue weighted by Crippen LogP contribution is -2.35. The Morgan fingerprint density at radius 1 is 0.640 bits per heavy atom. The summed E-state index contributed by atoms with van der Waals surface area (Å²) in [6.07, 6.45) is 15.7. The van der Waals surface area contributed by atoms with E-state index in [1.54, 1.807) is 0 Å². The van der Waals surface area contributed by atoms with Crippen LogP contribution in [0.5, 0.6) is 0 Å². The average Bonchev–Trinajstić information content (AvgIpc) is 3.56. The Labute approximate surface area is 293 Å². The number of hydrogen-bond donors (Lipinski definition) is 0. The first-order valence-electron chi connectivity index (χ1n) is 17.9. The molecule has 7 aromatic rings. The molecule has 10 rings (SSSR count). The van der Waals surface area contributed by atoms with Crippen LogP contribution in [0.15, 0.2) is 174 Å². The zero-order valence-electron chi connectivity index (χ0n) is 27.9. The first-order valence-corrected chi connectivity index (χ1v) is 17.9. The van der Waals surface area contributed by atoms with Gasteiger partial charge in [-0.3, -0.25) is 0 Å². The fourth-order valence-electron chi connectivity index (χ4n) is 9.13. The summed E-state index contributed by atoms with van der Waals surface area (Å²) in [6.45, 7) is 0. The number of hydrogen-bond acceptors (Lipinski definition) is 2. The number of allylic oxidation sites excluding steroid dienone is 4. The largest absolute Gasteiger partial charge is 0.456 e. The third-order valence-electron chi connectivity index (χ3n) is 11.2. The molecule has 240 valence electrons. The highest BCUT2D eigenvalue weighted by Gasteiger charge is 2.50. The molecule has 0 saturated heterocycles. The van der Waals surface area contributed by atoms with Crippen molar-refractivity contribution < 1.29 is 4.42 Å². The molecule has 3 aliphatic rings. The zero-order valence-corrected chi connectivity index (χ0v) is 27.9. The second-order valence-corrected chi connectivity index (χ2v) is 13.8. The molecular weight excluding hydrogens is 607 g/mol. The van der Waals surface area contributed by atoms with E-state index in [2.05, 4.69) is 175 Å². The number of para-hydroxylation sites is 1. The average molecular weight is 644 g/mol. The number of anilines is 1. The van der Waals surface area contributed by atoms with Crippen molar-refractivity contribution in [2.75, 3.05) is 4.90 Å². The van der Waals surface area contributed by atoms with Crippen LogP contribution in [0.2, 0.25) is 0 Å². The molecule has 50 heavy (non-hydrogen) atoms. The molecule has 1 heterocycles. The quantitative estimate of drug-likeness (QED) is 0.186. The van der Waals surface area contributed by atoms with E-state index in [1.807, 2.05) is 0 Å². The lowest BCUT2D eigenvalue weighted by molar-refractivity contribution is 0.627. The van der Waals surface area contributed by atoms with Gasteiger partial charge in [-0.2, -0.15) is 0 Å². The van der Waals surface area contributed by atoms with Crippen molar-refractivity contribution in [3.63, 3.8) is 0 Å². The summed E-state index contributed by atoms with van der Waals surface area (Å²) < 4.78 is 7.16. The maximum absolute atomic E-state index is 7.16. The van der Waals surface area contributed by atoms with Gasteiger partial charge in [0.05, 0.1) is 17.1 Å². The molecule has 6 aromatic carbocycles. The normalized spacial score (nSPS) is 17.2. The van der Waals surface area contributed by atoms with Crippen LogP contribution >= 0.6 is 0 Å². The van der Waals surface area contributed by atoms with Crippen LogP contribution in [0.1, 0.15) is 65.1 Å². The summed E-state index contributed by atoms with van der Waals surface area (Å²) in [5, 5.41) is 2.29. The molecule has 2 heteroatoms. The molecule has 3 aliphatic carbocycles. The first kappa shape index (κ1) is 29.1. The molecule has 2 nitrogen and oxygen atoms in total. The van der Waals surface area contributed by atoms with Crippen molar-refractivity contribution in [2.45, 2.75) is 37.1 Å². The maximum Gasteiger partial charge on any atom is 0.142 e. The van der Waals surface area contributed by atoms with Crippen LogP contribution in [-0.2, 0) is 5.41 Å². The predicted molar refractivity (Wildman–Crippen MR) is 207 cm³/mol. The van der Waals surface area contributed by atoms with Crippen molar-refractivity contribution in [1.29, 1.82) is 0 Å². The predicted octanol–water partition coefficient (Wildman–Crippen LogP) is 12.5. The van der Waals surface area contributed by atoms with Gasteiger partial charge in [0.1, 0.15) is 11.2 Å². The lowest BCUT2D eigenvalue weighted by Gasteiger charge is -2.42. The molecule has 1 unspecified atom stereocenters. The summed E-state index contributed by atoms with van der Waals surface area (Å²) in [5.74, 6) is 0. The van der Waals surface area contributed by atoms with E-state index in [4.69, 9.17) is 4.42 Å². The Morgan fingerprint density at radius 3 is 2.20 bits per heavy atom. The summed E-state index contributed by atoms with van der Waals surface area (Å²) >= 11 is 0. The summed E-state index contributed by atoms with van der Waals surface area (Å²) in [6, 6.07) is 51.5. The molecule has 1 aromatic heterocycles. The topological polar surface area (TPSA) is 16.4 Å².